The van der Waals surface area contributed by atoms with Gasteiger partial charge in [0.05, 0.1) is 18.8 Å². The van der Waals surface area contributed by atoms with Gasteiger partial charge in [-0.2, -0.15) is 5.10 Å². The minimum absolute atomic E-state index is 0.0221. The maximum atomic E-state index is 13.2. The number of aromatic nitrogens is 2. The number of carbonyl (C=O) groups excluding carboxylic acids is 1. The van der Waals surface area contributed by atoms with Gasteiger partial charge in [-0.05, 0) is 29.1 Å². The van der Waals surface area contributed by atoms with Gasteiger partial charge in [-0.25, -0.2) is 17.5 Å². The average Bonchev–Trinajstić information content (AvgIpc) is 3.31. The zero-order valence-corrected chi connectivity index (χ0v) is 15.9. The Morgan fingerprint density at radius 2 is 2.04 bits per heavy atom. The van der Waals surface area contributed by atoms with Crippen molar-refractivity contribution in [2.45, 2.75) is 10.9 Å². The smallest absolute Gasteiger partial charge is 0.244 e. The van der Waals surface area contributed by atoms with Gasteiger partial charge in [0.1, 0.15) is 10.7 Å². The van der Waals surface area contributed by atoms with Crippen molar-refractivity contribution in [2.24, 2.45) is 7.05 Å². The molecule has 3 rings (SSSR count). The number of halogens is 1. The highest BCUT2D eigenvalue weighted by Gasteiger charge is 2.21. The number of benzene rings is 1. The predicted molar refractivity (Wildman–Crippen MR) is 99.1 cm³/mol. The fraction of sp³-hybridized carbons (Fsp3) is 0.176. The van der Waals surface area contributed by atoms with E-state index in [0.717, 1.165) is 4.88 Å². The van der Waals surface area contributed by atoms with E-state index in [-0.39, 0.29) is 10.7 Å². The van der Waals surface area contributed by atoms with Crippen LogP contribution in [0.15, 0.2) is 59.1 Å². The molecule has 142 valence electrons. The first-order chi connectivity index (χ1) is 12.8. The lowest BCUT2D eigenvalue weighted by molar-refractivity contribution is -0.120. The fourth-order valence-corrected chi connectivity index (χ4v) is 4.19. The van der Waals surface area contributed by atoms with E-state index in [1.54, 1.807) is 19.2 Å². The van der Waals surface area contributed by atoms with Crippen molar-refractivity contribution < 1.29 is 17.6 Å². The molecule has 0 spiro atoms. The Labute approximate surface area is 159 Å². The van der Waals surface area contributed by atoms with Gasteiger partial charge in [-0.15, -0.1) is 11.3 Å². The van der Waals surface area contributed by atoms with Gasteiger partial charge in [-0.1, -0.05) is 18.2 Å². The first-order valence-electron chi connectivity index (χ1n) is 7.92. The minimum atomic E-state index is -3.84. The summed E-state index contributed by atoms with van der Waals surface area (Å²) >= 11 is 1.44. The number of nitrogens with one attached hydrogen (secondary N) is 2. The van der Waals surface area contributed by atoms with E-state index < -0.39 is 28.5 Å². The standard InChI is InChI=1S/C17H17FN4O3S2/c1-22-11-14(9-19-22)27(24,25)20-10-16(23)21-17(15-3-2-8-26-15)12-4-6-13(18)7-5-12/h2-9,11,17,20H,10H2,1H3,(H,21,23)/t17-/m1/s1. The van der Waals surface area contributed by atoms with Crippen LogP contribution < -0.4 is 10.0 Å². The summed E-state index contributed by atoms with van der Waals surface area (Å²) in [6.45, 7) is -0.430. The maximum Gasteiger partial charge on any atom is 0.244 e. The van der Waals surface area contributed by atoms with E-state index in [4.69, 9.17) is 0 Å². The third-order valence-corrected chi connectivity index (χ3v) is 6.04. The number of carbonyl (C=O) groups is 1. The van der Waals surface area contributed by atoms with E-state index in [9.17, 15) is 17.6 Å². The molecule has 3 aromatic rings. The molecule has 1 atom stereocenters. The van der Waals surface area contributed by atoms with E-state index >= 15 is 0 Å². The Morgan fingerprint density at radius 3 is 2.63 bits per heavy atom. The Bertz CT molecular complexity index is 1010. The van der Waals surface area contributed by atoms with Crippen LogP contribution in [-0.2, 0) is 21.9 Å². The Hall–Kier alpha value is -2.56. The second-order valence-corrected chi connectivity index (χ2v) is 8.49. The number of thiophene rings is 1. The molecule has 0 bridgehead atoms. The number of hydrogen-bond donors (Lipinski definition) is 2. The average molecular weight is 408 g/mol. The SMILES string of the molecule is Cn1cc(S(=O)(=O)NCC(=O)N[C@H](c2ccc(F)cc2)c2cccs2)cn1. The van der Waals surface area contributed by atoms with Crippen LogP contribution in [0.1, 0.15) is 16.5 Å². The molecule has 0 saturated heterocycles. The molecule has 2 N–H and O–H groups in total. The van der Waals surface area contributed by atoms with Crippen molar-refractivity contribution in [3.63, 3.8) is 0 Å². The van der Waals surface area contributed by atoms with E-state index in [2.05, 4.69) is 15.1 Å². The summed E-state index contributed by atoms with van der Waals surface area (Å²) in [5, 5.41) is 8.46. The molecule has 7 nitrogen and oxygen atoms in total. The number of rotatable bonds is 7. The third-order valence-electron chi connectivity index (χ3n) is 3.75. The van der Waals surface area contributed by atoms with Gasteiger partial charge in [0, 0.05) is 18.1 Å². The molecule has 1 aromatic carbocycles. The zero-order chi connectivity index (χ0) is 19.4. The van der Waals surface area contributed by atoms with Gasteiger partial charge < -0.3 is 5.32 Å². The maximum absolute atomic E-state index is 13.2. The van der Waals surface area contributed by atoms with Crippen molar-refractivity contribution in [3.05, 3.63) is 70.4 Å². The number of sulfonamides is 1. The minimum Gasteiger partial charge on any atom is -0.343 e. The Kier molecular flexibility index (Phi) is 5.68. The number of nitrogens with zero attached hydrogens (tertiary/aromatic N) is 2. The van der Waals surface area contributed by atoms with Crippen LogP contribution in [0.4, 0.5) is 4.39 Å². The van der Waals surface area contributed by atoms with Gasteiger partial charge in [0.15, 0.2) is 0 Å². The molecular weight excluding hydrogens is 391 g/mol. The molecule has 1 amide bonds. The topological polar surface area (TPSA) is 93.1 Å². The predicted octanol–water partition coefficient (Wildman–Crippen LogP) is 1.80. The summed E-state index contributed by atoms with van der Waals surface area (Å²) in [4.78, 5) is 13.2. The lowest BCUT2D eigenvalue weighted by Gasteiger charge is -2.18. The lowest BCUT2D eigenvalue weighted by atomic mass is 10.1. The molecule has 2 heterocycles. The summed E-state index contributed by atoms with van der Waals surface area (Å²) in [5.41, 5.74) is 0.697. The zero-order valence-electron chi connectivity index (χ0n) is 14.3. The van der Waals surface area contributed by atoms with Crippen molar-refractivity contribution in [1.82, 2.24) is 19.8 Å². The monoisotopic (exact) mass is 408 g/mol. The van der Waals surface area contributed by atoms with E-state index in [0.29, 0.717) is 5.56 Å². The second-order valence-electron chi connectivity index (χ2n) is 5.74. The van der Waals surface area contributed by atoms with E-state index in [1.807, 2.05) is 17.5 Å². The van der Waals surface area contributed by atoms with E-state index in [1.165, 1.54) is 40.5 Å². The van der Waals surface area contributed by atoms with Gasteiger partial charge in [0.25, 0.3) is 0 Å². The lowest BCUT2D eigenvalue weighted by Crippen LogP contribution is -2.38. The molecule has 0 aliphatic heterocycles. The van der Waals surface area contributed by atoms with Gasteiger partial charge in [-0.3, -0.25) is 9.48 Å². The van der Waals surface area contributed by atoms with Crippen LogP contribution in [-0.4, -0.2) is 30.7 Å². The van der Waals surface area contributed by atoms with Crippen LogP contribution in [0, 0.1) is 5.82 Å². The Morgan fingerprint density at radius 1 is 1.30 bits per heavy atom. The van der Waals surface area contributed by atoms with Crippen molar-refractivity contribution in [1.29, 1.82) is 0 Å². The number of aryl methyl sites for hydroxylation is 1. The highest BCUT2D eigenvalue weighted by atomic mass is 32.2. The second kappa shape index (κ2) is 7.99. The number of hydrogen-bond acceptors (Lipinski definition) is 5. The van der Waals surface area contributed by atoms with Gasteiger partial charge in [0.2, 0.25) is 15.9 Å². The molecular formula is C17H17FN4O3S2. The highest BCUT2D eigenvalue weighted by molar-refractivity contribution is 7.89. The van der Waals surface area contributed by atoms with Crippen LogP contribution in [0.25, 0.3) is 0 Å². The molecule has 0 radical (unpaired) electrons. The van der Waals surface area contributed by atoms with Crippen LogP contribution >= 0.6 is 11.3 Å². The van der Waals surface area contributed by atoms with Crippen molar-refractivity contribution >= 4 is 27.3 Å². The molecule has 10 heteroatoms. The van der Waals surface area contributed by atoms with Crippen molar-refractivity contribution in [2.75, 3.05) is 6.54 Å². The first kappa shape index (κ1) is 19.2. The Balaban J connectivity index is 1.70. The summed E-state index contributed by atoms with van der Waals surface area (Å²) < 4.78 is 41.2. The van der Waals surface area contributed by atoms with Crippen LogP contribution in [0.5, 0.6) is 0 Å². The summed E-state index contributed by atoms with van der Waals surface area (Å²) in [5.74, 6) is -0.885. The van der Waals surface area contributed by atoms with Crippen molar-refractivity contribution in [3.8, 4) is 0 Å². The van der Waals surface area contributed by atoms with Gasteiger partial charge >= 0.3 is 0 Å². The molecule has 2 aromatic heterocycles. The molecule has 0 aliphatic carbocycles. The summed E-state index contributed by atoms with van der Waals surface area (Å²) in [6, 6.07) is 8.98. The highest BCUT2D eigenvalue weighted by Crippen LogP contribution is 2.26. The summed E-state index contributed by atoms with van der Waals surface area (Å²) in [6.07, 6.45) is 2.54. The first-order valence-corrected chi connectivity index (χ1v) is 10.3. The molecule has 0 aliphatic rings. The fourth-order valence-electron chi connectivity index (χ4n) is 2.42. The third kappa shape index (κ3) is 4.79. The van der Waals surface area contributed by atoms with Crippen LogP contribution in [0.3, 0.4) is 0 Å². The largest absolute Gasteiger partial charge is 0.343 e. The normalized spacial score (nSPS) is 12.7. The summed E-state index contributed by atoms with van der Waals surface area (Å²) in [7, 11) is -2.24. The molecule has 27 heavy (non-hydrogen) atoms. The quantitative estimate of drug-likeness (QED) is 0.624. The molecule has 0 fully saturated rings. The van der Waals surface area contributed by atoms with Crippen LogP contribution in [0.2, 0.25) is 0 Å². The molecule has 0 unspecified atom stereocenters. The number of amides is 1. The molecule has 0 saturated carbocycles.